The van der Waals surface area contributed by atoms with Gasteiger partial charge in [0.2, 0.25) is 0 Å². The van der Waals surface area contributed by atoms with Crippen LogP contribution in [0.25, 0.3) is 0 Å². The number of hydrogen-bond donors (Lipinski definition) is 0. The Balaban J connectivity index is 2.31. The average molecular weight is 264 g/mol. The fourth-order valence-electron chi connectivity index (χ4n) is 1.86. The summed E-state index contributed by atoms with van der Waals surface area (Å²) in [4.78, 5) is 11.9. The third-order valence-electron chi connectivity index (χ3n) is 2.98. The van der Waals surface area contributed by atoms with Gasteiger partial charge in [0.1, 0.15) is 19.8 Å². The molecule has 1 fully saturated rings. The zero-order chi connectivity index (χ0) is 13.8. The van der Waals surface area contributed by atoms with Crippen molar-refractivity contribution in [2.75, 3.05) is 0 Å². The van der Waals surface area contributed by atoms with Gasteiger partial charge in [0.05, 0.1) is 0 Å². The molecule has 0 aromatic carbocycles. The highest BCUT2D eigenvalue weighted by molar-refractivity contribution is 6.83. The summed E-state index contributed by atoms with van der Waals surface area (Å²) >= 11 is 0. The maximum absolute atomic E-state index is 11.9. The monoisotopic (exact) mass is 264 g/mol. The van der Waals surface area contributed by atoms with E-state index in [9.17, 15) is 4.79 Å². The van der Waals surface area contributed by atoms with Crippen molar-refractivity contribution < 1.29 is 9.53 Å². The van der Waals surface area contributed by atoms with Gasteiger partial charge in [-0.05, 0) is 19.8 Å². The summed E-state index contributed by atoms with van der Waals surface area (Å²) in [6.07, 6.45) is 4.63. The van der Waals surface area contributed by atoms with Gasteiger partial charge in [-0.25, -0.2) is 0 Å². The molecule has 0 aromatic heterocycles. The molecule has 18 heavy (non-hydrogen) atoms. The molecular weight excluding hydrogens is 240 g/mol. The maximum Gasteiger partial charge on any atom is 0.165 e. The molecule has 100 valence electrons. The van der Waals surface area contributed by atoms with E-state index in [4.69, 9.17) is 4.74 Å². The van der Waals surface area contributed by atoms with Crippen LogP contribution in [0.3, 0.4) is 0 Å². The van der Waals surface area contributed by atoms with E-state index >= 15 is 0 Å². The lowest BCUT2D eigenvalue weighted by molar-refractivity contribution is -0.120. The number of ketones is 1. The van der Waals surface area contributed by atoms with E-state index in [-0.39, 0.29) is 17.5 Å². The summed E-state index contributed by atoms with van der Waals surface area (Å²) in [5.74, 6) is 3.33. The van der Waals surface area contributed by atoms with Gasteiger partial charge >= 0.3 is 0 Å². The Morgan fingerprint density at radius 1 is 1.50 bits per heavy atom. The lowest BCUT2D eigenvalue weighted by Crippen LogP contribution is -2.18. The van der Waals surface area contributed by atoms with Gasteiger partial charge in [-0.1, -0.05) is 25.7 Å². The molecule has 0 aliphatic carbocycles. The van der Waals surface area contributed by atoms with Crippen molar-refractivity contribution in [2.24, 2.45) is 0 Å². The minimum Gasteiger partial charge on any atom is -0.358 e. The number of Topliss-reactive ketones (excluding diaryl/α,β-unsaturated/α-hetero) is 1. The van der Waals surface area contributed by atoms with Crippen molar-refractivity contribution >= 4 is 13.9 Å². The van der Waals surface area contributed by atoms with Crippen LogP contribution in [-0.2, 0) is 9.53 Å². The van der Waals surface area contributed by atoms with Gasteiger partial charge in [0.15, 0.2) is 5.78 Å². The minimum absolute atomic E-state index is 0.200. The van der Waals surface area contributed by atoms with Crippen LogP contribution in [0.2, 0.25) is 19.6 Å². The van der Waals surface area contributed by atoms with Gasteiger partial charge in [0.25, 0.3) is 0 Å². The molecule has 2 atom stereocenters. The normalized spacial score (nSPS) is 26.1. The Hall–Kier alpha value is -0.853. The van der Waals surface area contributed by atoms with E-state index in [1.807, 2.05) is 13.0 Å². The minimum atomic E-state index is -1.30. The van der Waals surface area contributed by atoms with E-state index in [0.29, 0.717) is 12.8 Å². The molecule has 0 bridgehead atoms. The molecule has 1 saturated heterocycles. The molecule has 0 saturated carbocycles. The van der Waals surface area contributed by atoms with E-state index in [2.05, 4.69) is 37.7 Å². The van der Waals surface area contributed by atoms with Crippen molar-refractivity contribution in [3.63, 3.8) is 0 Å². The Morgan fingerprint density at radius 2 is 2.17 bits per heavy atom. The molecule has 0 radical (unpaired) electrons. The largest absolute Gasteiger partial charge is 0.358 e. The van der Waals surface area contributed by atoms with Crippen molar-refractivity contribution in [3.05, 3.63) is 12.7 Å². The Morgan fingerprint density at radius 3 is 2.72 bits per heavy atom. The summed E-state index contributed by atoms with van der Waals surface area (Å²) in [7, 11) is -1.30. The zero-order valence-corrected chi connectivity index (χ0v) is 13.0. The first-order valence-corrected chi connectivity index (χ1v) is 10.1. The second-order valence-corrected chi connectivity index (χ2v) is 10.9. The molecule has 0 N–H and O–H groups in total. The SMILES string of the molecule is C=CCCC1(C)OC1C(=O)CCC#C[Si](C)(C)C. The van der Waals surface area contributed by atoms with Crippen LogP contribution in [0.1, 0.15) is 32.6 Å². The van der Waals surface area contributed by atoms with E-state index in [1.54, 1.807) is 0 Å². The third-order valence-corrected chi connectivity index (χ3v) is 3.91. The molecule has 2 unspecified atom stereocenters. The Kier molecular flexibility index (Phi) is 4.95. The van der Waals surface area contributed by atoms with E-state index in [1.165, 1.54) is 0 Å². The highest BCUT2D eigenvalue weighted by Gasteiger charge is 2.55. The molecule has 2 nitrogen and oxygen atoms in total. The van der Waals surface area contributed by atoms with Gasteiger partial charge in [-0.15, -0.1) is 18.0 Å². The maximum atomic E-state index is 11.9. The number of hydrogen-bond acceptors (Lipinski definition) is 2. The number of carbonyl (C=O) groups is 1. The summed E-state index contributed by atoms with van der Waals surface area (Å²) in [6, 6.07) is 0. The summed E-state index contributed by atoms with van der Waals surface area (Å²) in [5, 5.41) is 0. The van der Waals surface area contributed by atoms with Crippen molar-refractivity contribution in [2.45, 2.75) is 64.0 Å². The lowest BCUT2D eigenvalue weighted by Gasteiger charge is -2.03. The fraction of sp³-hybridized carbons (Fsp3) is 0.667. The first-order chi connectivity index (χ1) is 8.28. The molecule has 1 heterocycles. The number of epoxide rings is 1. The van der Waals surface area contributed by atoms with Crippen molar-refractivity contribution in [1.29, 1.82) is 0 Å². The lowest BCUT2D eigenvalue weighted by atomic mass is 9.97. The number of ether oxygens (including phenoxy) is 1. The predicted molar refractivity (Wildman–Crippen MR) is 78.1 cm³/mol. The number of allylic oxidation sites excluding steroid dienone is 1. The number of rotatable bonds is 6. The highest BCUT2D eigenvalue weighted by atomic mass is 28.3. The smallest absolute Gasteiger partial charge is 0.165 e. The molecule has 1 aliphatic rings. The Bertz CT molecular complexity index is 384. The molecule has 3 heteroatoms. The molecule has 1 rings (SSSR count). The van der Waals surface area contributed by atoms with E-state index in [0.717, 1.165) is 12.8 Å². The predicted octanol–water partition coefficient (Wildman–Crippen LogP) is 3.34. The fourth-order valence-corrected chi connectivity index (χ4v) is 2.52. The Labute approximate surface area is 112 Å². The third kappa shape index (κ3) is 4.79. The first-order valence-electron chi connectivity index (χ1n) is 6.60. The number of carbonyl (C=O) groups excluding carboxylic acids is 1. The second kappa shape index (κ2) is 5.86. The van der Waals surface area contributed by atoms with Gasteiger partial charge in [-0.2, -0.15) is 0 Å². The summed E-state index contributed by atoms with van der Waals surface area (Å²) in [5.41, 5.74) is 3.04. The van der Waals surface area contributed by atoms with Crippen LogP contribution in [0.15, 0.2) is 12.7 Å². The van der Waals surface area contributed by atoms with Gasteiger partial charge in [0, 0.05) is 12.8 Å². The standard InChI is InChI=1S/C15H24O2Si/c1-6-7-11-15(2)14(17-15)13(16)10-8-9-12-18(3,4)5/h6,14H,1,7-8,10-11H2,2-5H3. The quantitative estimate of drug-likeness (QED) is 0.319. The summed E-state index contributed by atoms with van der Waals surface area (Å²) in [6.45, 7) is 12.3. The van der Waals surface area contributed by atoms with Crippen molar-refractivity contribution in [1.82, 2.24) is 0 Å². The second-order valence-electron chi connectivity index (χ2n) is 6.16. The zero-order valence-electron chi connectivity index (χ0n) is 12.0. The highest BCUT2D eigenvalue weighted by Crippen LogP contribution is 2.41. The van der Waals surface area contributed by atoms with Gasteiger partial charge in [-0.3, -0.25) is 4.79 Å². The molecule has 0 spiro atoms. The van der Waals surface area contributed by atoms with Crippen LogP contribution >= 0.6 is 0 Å². The van der Waals surface area contributed by atoms with Crippen molar-refractivity contribution in [3.8, 4) is 11.5 Å². The molecule has 0 aromatic rings. The first kappa shape index (κ1) is 15.2. The molecular formula is C15H24O2Si. The van der Waals surface area contributed by atoms with E-state index < -0.39 is 8.07 Å². The van der Waals surface area contributed by atoms with Crippen LogP contribution in [0, 0.1) is 11.5 Å². The van der Waals surface area contributed by atoms with Crippen LogP contribution in [0.4, 0.5) is 0 Å². The molecule has 1 aliphatic heterocycles. The topological polar surface area (TPSA) is 29.6 Å². The van der Waals surface area contributed by atoms with Crippen LogP contribution in [0.5, 0.6) is 0 Å². The molecule has 0 amide bonds. The van der Waals surface area contributed by atoms with Crippen LogP contribution < -0.4 is 0 Å². The average Bonchev–Trinajstić information content (AvgIpc) is 2.93. The van der Waals surface area contributed by atoms with Gasteiger partial charge < -0.3 is 4.74 Å². The van der Waals surface area contributed by atoms with Crippen LogP contribution in [-0.4, -0.2) is 25.6 Å². The summed E-state index contributed by atoms with van der Waals surface area (Å²) < 4.78 is 5.53.